The summed E-state index contributed by atoms with van der Waals surface area (Å²) in [5.74, 6) is -1.14. The molecule has 2 heterocycles. The van der Waals surface area contributed by atoms with Gasteiger partial charge in [0.05, 0.1) is 17.2 Å². The summed E-state index contributed by atoms with van der Waals surface area (Å²) in [5, 5.41) is 8.90. The lowest BCUT2D eigenvalue weighted by Crippen LogP contribution is -2.38. The first kappa shape index (κ1) is 22.1. The molecule has 1 aliphatic rings. The Hall–Kier alpha value is -2.58. The summed E-state index contributed by atoms with van der Waals surface area (Å²) in [4.78, 5) is 13.7. The minimum atomic E-state index is -4.79. The average molecular weight is 458 g/mol. The fraction of sp³-hybridized carbons (Fsp3) is 0.368. The molecular formula is C19H17F3N2O4S2. The molecule has 0 aliphatic carbocycles. The van der Waals surface area contributed by atoms with Gasteiger partial charge in [-0.3, -0.25) is 4.79 Å². The molecule has 0 radical (unpaired) electrons. The summed E-state index contributed by atoms with van der Waals surface area (Å²) >= 11 is 1.02. The molecule has 1 saturated heterocycles. The minimum Gasteiger partial charge on any atom is -0.480 e. The summed E-state index contributed by atoms with van der Waals surface area (Å²) in [6.07, 6.45) is -6.10. The van der Waals surface area contributed by atoms with Crippen molar-refractivity contribution in [2.45, 2.75) is 37.3 Å². The summed E-state index contributed by atoms with van der Waals surface area (Å²) in [5.41, 5.74) is -2.77. The zero-order chi connectivity index (χ0) is 22.5. The second-order valence-corrected chi connectivity index (χ2v) is 10.9. The predicted octanol–water partition coefficient (Wildman–Crippen LogP) is 3.95. The number of carbonyl (C=O) groups is 1. The molecule has 6 nitrogen and oxygen atoms in total. The largest absolute Gasteiger partial charge is 0.480 e. The first-order chi connectivity index (χ1) is 13.8. The van der Waals surface area contributed by atoms with Crippen molar-refractivity contribution in [3.63, 3.8) is 0 Å². The molecule has 1 atom stereocenters. The van der Waals surface area contributed by atoms with Gasteiger partial charge in [0.1, 0.15) is 9.96 Å². The second kappa shape index (κ2) is 7.28. The van der Waals surface area contributed by atoms with Crippen LogP contribution in [0.5, 0.6) is 5.75 Å². The topological polar surface area (TPSA) is 87.5 Å². The number of ether oxygens (including phenoxy) is 1. The second-order valence-electron chi connectivity index (χ2n) is 7.52. The molecule has 11 heteroatoms. The smallest absolute Gasteiger partial charge is 0.417 e. The van der Waals surface area contributed by atoms with Crippen molar-refractivity contribution >= 4 is 27.3 Å². The van der Waals surface area contributed by atoms with E-state index in [1.165, 1.54) is 12.1 Å². The van der Waals surface area contributed by atoms with Gasteiger partial charge in [0.25, 0.3) is 15.9 Å². The number of halogens is 3. The lowest BCUT2D eigenvalue weighted by molar-refractivity contribution is -0.137. The fourth-order valence-corrected chi connectivity index (χ4v) is 6.10. The zero-order valence-corrected chi connectivity index (χ0v) is 17.8. The number of aryl methyl sites for hydroxylation is 1. The molecule has 1 aliphatic heterocycles. The van der Waals surface area contributed by atoms with Gasteiger partial charge in [-0.05, 0) is 37.3 Å². The molecule has 3 rings (SSSR count). The number of hydrogen-bond acceptors (Lipinski definition) is 6. The van der Waals surface area contributed by atoms with E-state index in [0.29, 0.717) is 10.4 Å². The number of nitriles is 1. The highest BCUT2D eigenvalue weighted by atomic mass is 32.2. The predicted molar refractivity (Wildman–Crippen MR) is 102 cm³/mol. The third-order valence-electron chi connectivity index (χ3n) is 4.66. The SMILES string of the molecule is Cc1ccc(S(=O)(=O)N2CC(C)(C)C(Oc3ccc(C#N)c(C(F)(F)F)c3)C2=O)s1. The van der Waals surface area contributed by atoms with Gasteiger partial charge < -0.3 is 4.74 Å². The maximum atomic E-state index is 13.2. The summed E-state index contributed by atoms with van der Waals surface area (Å²) < 4.78 is 71.6. The number of alkyl halides is 3. The molecule has 0 N–H and O–H groups in total. The van der Waals surface area contributed by atoms with Crippen molar-refractivity contribution in [1.29, 1.82) is 5.26 Å². The van der Waals surface area contributed by atoms with Crippen molar-refractivity contribution < 1.29 is 31.1 Å². The number of hydrogen-bond donors (Lipinski definition) is 0. The molecule has 30 heavy (non-hydrogen) atoms. The van der Waals surface area contributed by atoms with Crippen LogP contribution in [0.1, 0.15) is 29.9 Å². The van der Waals surface area contributed by atoms with E-state index in [-0.39, 0.29) is 16.5 Å². The lowest BCUT2D eigenvalue weighted by Gasteiger charge is -2.24. The normalized spacial score (nSPS) is 19.0. The monoisotopic (exact) mass is 458 g/mol. The van der Waals surface area contributed by atoms with Crippen LogP contribution in [0.15, 0.2) is 34.5 Å². The van der Waals surface area contributed by atoms with Crippen LogP contribution in [0.2, 0.25) is 0 Å². The highest BCUT2D eigenvalue weighted by Gasteiger charge is 2.53. The zero-order valence-electron chi connectivity index (χ0n) is 16.1. The van der Waals surface area contributed by atoms with Crippen LogP contribution in [0.25, 0.3) is 0 Å². The quantitative estimate of drug-likeness (QED) is 0.692. The molecule has 1 fully saturated rings. The van der Waals surface area contributed by atoms with E-state index in [0.717, 1.165) is 28.3 Å². The standard InChI is InChI=1S/C19H17F3N2O4S2/c1-11-4-7-15(29-11)30(26,27)24-10-18(2,3)16(17(24)25)28-13-6-5-12(9-23)14(8-13)19(20,21)22/h4-8,16H,10H2,1-3H3. The molecule has 1 unspecified atom stereocenters. The van der Waals surface area contributed by atoms with Crippen molar-refractivity contribution in [2.75, 3.05) is 6.54 Å². The highest BCUT2D eigenvalue weighted by Crippen LogP contribution is 2.40. The van der Waals surface area contributed by atoms with Crippen molar-refractivity contribution in [2.24, 2.45) is 5.41 Å². The minimum absolute atomic E-state index is 0.00234. The Morgan fingerprint density at radius 2 is 1.93 bits per heavy atom. The lowest BCUT2D eigenvalue weighted by atomic mass is 9.89. The van der Waals surface area contributed by atoms with Crippen LogP contribution in [-0.2, 0) is 21.0 Å². The van der Waals surface area contributed by atoms with E-state index >= 15 is 0 Å². The maximum absolute atomic E-state index is 13.2. The van der Waals surface area contributed by atoms with Crippen LogP contribution in [-0.4, -0.2) is 31.3 Å². The molecular weight excluding hydrogens is 441 g/mol. The van der Waals surface area contributed by atoms with E-state index < -0.39 is 44.8 Å². The Kier molecular flexibility index (Phi) is 5.37. The number of carbonyl (C=O) groups excluding carboxylic acids is 1. The van der Waals surface area contributed by atoms with Crippen molar-refractivity contribution in [3.05, 3.63) is 46.3 Å². The van der Waals surface area contributed by atoms with Crippen LogP contribution >= 0.6 is 11.3 Å². The van der Waals surface area contributed by atoms with Gasteiger partial charge in [-0.1, -0.05) is 13.8 Å². The van der Waals surface area contributed by atoms with Gasteiger partial charge in [0.2, 0.25) is 0 Å². The highest BCUT2D eigenvalue weighted by molar-refractivity contribution is 7.91. The van der Waals surface area contributed by atoms with E-state index in [9.17, 15) is 26.4 Å². The summed E-state index contributed by atoms with van der Waals surface area (Å²) in [6.45, 7) is 4.74. The van der Waals surface area contributed by atoms with Gasteiger partial charge in [-0.2, -0.15) is 18.4 Å². The third kappa shape index (κ3) is 3.89. The van der Waals surface area contributed by atoms with Gasteiger partial charge in [-0.25, -0.2) is 12.7 Å². The average Bonchev–Trinajstić information content (AvgIpc) is 3.18. The number of sulfonamides is 1. The first-order valence-electron chi connectivity index (χ1n) is 8.68. The number of thiophene rings is 1. The third-order valence-corrected chi connectivity index (χ3v) is 7.87. The Morgan fingerprint density at radius 3 is 2.47 bits per heavy atom. The Bertz CT molecular complexity index is 1150. The molecule has 0 bridgehead atoms. The maximum Gasteiger partial charge on any atom is 0.417 e. The number of amides is 1. The van der Waals surface area contributed by atoms with Crippen molar-refractivity contribution in [3.8, 4) is 11.8 Å². The number of benzene rings is 1. The van der Waals surface area contributed by atoms with Gasteiger partial charge in [0, 0.05) is 16.8 Å². The van der Waals surface area contributed by atoms with Crippen LogP contribution in [0, 0.1) is 23.7 Å². The number of nitrogens with zero attached hydrogens (tertiary/aromatic N) is 2. The van der Waals surface area contributed by atoms with E-state index in [4.69, 9.17) is 10.00 Å². The molecule has 1 aromatic heterocycles. The van der Waals surface area contributed by atoms with Gasteiger partial charge in [0.15, 0.2) is 6.10 Å². The fourth-order valence-electron chi connectivity index (χ4n) is 3.13. The molecule has 160 valence electrons. The van der Waals surface area contributed by atoms with Crippen LogP contribution < -0.4 is 4.74 Å². The van der Waals surface area contributed by atoms with Crippen molar-refractivity contribution in [1.82, 2.24) is 4.31 Å². The molecule has 0 saturated carbocycles. The summed E-state index contributed by atoms with van der Waals surface area (Å²) in [6, 6.07) is 7.23. The van der Waals surface area contributed by atoms with E-state index in [1.54, 1.807) is 26.8 Å². The number of rotatable bonds is 4. The Balaban J connectivity index is 1.94. The Morgan fingerprint density at radius 1 is 1.27 bits per heavy atom. The van der Waals surface area contributed by atoms with E-state index in [2.05, 4.69) is 0 Å². The van der Waals surface area contributed by atoms with E-state index in [1.807, 2.05) is 0 Å². The van der Waals surface area contributed by atoms with Crippen LogP contribution in [0.4, 0.5) is 13.2 Å². The molecule has 2 aromatic rings. The first-order valence-corrected chi connectivity index (χ1v) is 10.9. The Labute approximate surface area is 175 Å². The molecule has 0 spiro atoms. The van der Waals surface area contributed by atoms with Crippen LogP contribution in [0.3, 0.4) is 0 Å². The van der Waals surface area contributed by atoms with Gasteiger partial charge >= 0.3 is 6.18 Å². The molecule has 1 amide bonds. The summed E-state index contributed by atoms with van der Waals surface area (Å²) in [7, 11) is -4.11. The molecule has 1 aromatic carbocycles. The van der Waals surface area contributed by atoms with Gasteiger partial charge in [-0.15, -0.1) is 11.3 Å².